The summed E-state index contributed by atoms with van der Waals surface area (Å²) in [5.41, 5.74) is 0.546. The zero-order valence-corrected chi connectivity index (χ0v) is 11.3. The van der Waals surface area contributed by atoms with E-state index in [1.165, 1.54) is 0 Å². The molecule has 0 aromatic heterocycles. The van der Waals surface area contributed by atoms with Crippen molar-refractivity contribution in [2.24, 2.45) is 0 Å². The Morgan fingerprint density at radius 2 is 2.20 bits per heavy atom. The Morgan fingerprint density at radius 3 is 2.80 bits per heavy atom. The molecule has 0 aliphatic carbocycles. The van der Waals surface area contributed by atoms with Crippen LogP contribution in [0.1, 0.15) is 17.3 Å². The number of rotatable bonds is 3. The van der Waals surface area contributed by atoms with Gasteiger partial charge in [-0.1, -0.05) is 15.9 Å². The van der Waals surface area contributed by atoms with Gasteiger partial charge in [-0.15, -0.1) is 0 Å². The van der Waals surface area contributed by atoms with Crippen molar-refractivity contribution in [2.45, 2.75) is 13.0 Å². The SMILES string of the molecule is C[C@H](O)CNC(=O)c1cc(Br)ccc1Br. The summed E-state index contributed by atoms with van der Waals surface area (Å²) in [5.74, 6) is -0.205. The Morgan fingerprint density at radius 1 is 1.53 bits per heavy atom. The zero-order chi connectivity index (χ0) is 11.4. The van der Waals surface area contributed by atoms with Gasteiger partial charge in [-0.3, -0.25) is 4.79 Å². The van der Waals surface area contributed by atoms with E-state index in [4.69, 9.17) is 5.11 Å². The maximum absolute atomic E-state index is 11.6. The standard InChI is InChI=1S/C10H11Br2NO2/c1-6(14)5-13-10(15)8-4-7(11)2-3-9(8)12/h2-4,6,14H,5H2,1H3,(H,13,15)/t6-/m0/s1. The summed E-state index contributed by atoms with van der Waals surface area (Å²) in [7, 11) is 0. The van der Waals surface area contributed by atoms with E-state index in [9.17, 15) is 4.79 Å². The highest BCUT2D eigenvalue weighted by Crippen LogP contribution is 2.21. The van der Waals surface area contributed by atoms with Crippen LogP contribution in [0, 0.1) is 0 Å². The van der Waals surface area contributed by atoms with Crippen LogP contribution in [0.25, 0.3) is 0 Å². The number of aliphatic hydroxyl groups excluding tert-OH is 1. The highest BCUT2D eigenvalue weighted by atomic mass is 79.9. The molecule has 0 fully saturated rings. The van der Waals surface area contributed by atoms with Gasteiger partial charge in [0.25, 0.3) is 5.91 Å². The van der Waals surface area contributed by atoms with Crippen LogP contribution in [0.5, 0.6) is 0 Å². The molecule has 0 heterocycles. The van der Waals surface area contributed by atoms with Gasteiger partial charge in [-0.2, -0.15) is 0 Å². The lowest BCUT2D eigenvalue weighted by Crippen LogP contribution is -2.30. The average molecular weight is 337 g/mol. The van der Waals surface area contributed by atoms with Crippen molar-refractivity contribution in [1.29, 1.82) is 0 Å². The van der Waals surface area contributed by atoms with Crippen LogP contribution in [0.2, 0.25) is 0 Å². The largest absolute Gasteiger partial charge is 0.392 e. The van der Waals surface area contributed by atoms with Crippen molar-refractivity contribution in [3.8, 4) is 0 Å². The molecule has 0 bridgehead atoms. The van der Waals surface area contributed by atoms with Crippen LogP contribution in [-0.2, 0) is 0 Å². The molecule has 82 valence electrons. The van der Waals surface area contributed by atoms with E-state index >= 15 is 0 Å². The summed E-state index contributed by atoms with van der Waals surface area (Å²) >= 11 is 6.59. The third-order valence-electron chi connectivity index (χ3n) is 1.73. The molecule has 3 nitrogen and oxygen atoms in total. The maximum atomic E-state index is 11.6. The molecule has 0 saturated heterocycles. The monoisotopic (exact) mass is 335 g/mol. The smallest absolute Gasteiger partial charge is 0.252 e. The van der Waals surface area contributed by atoms with Gasteiger partial charge < -0.3 is 10.4 Å². The minimum atomic E-state index is -0.542. The predicted octanol–water partition coefficient (Wildman–Crippen LogP) is 2.32. The fourth-order valence-corrected chi connectivity index (χ4v) is 1.79. The molecule has 1 atom stereocenters. The molecule has 1 aromatic rings. The Hall–Kier alpha value is -0.390. The summed E-state index contributed by atoms with van der Waals surface area (Å²) in [4.78, 5) is 11.6. The van der Waals surface area contributed by atoms with E-state index in [2.05, 4.69) is 37.2 Å². The molecule has 0 aliphatic rings. The molecule has 0 saturated carbocycles. The first-order valence-electron chi connectivity index (χ1n) is 4.42. The first-order chi connectivity index (χ1) is 7.00. The van der Waals surface area contributed by atoms with Gasteiger partial charge in [-0.05, 0) is 41.1 Å². The number of hydrogen-bond donors (Lipinski definition) is 2. The lowest BCUT2D eigenvalue weighted by atomic mass is 10.2. The molecular weight excluding hydrogens is 326 g/mol. The Kier molecular flexibility index (Phi) is 4.76. The van der Waals surface area contributed by atoms with Crippen LogP contribution >= 0.6 is 31.9 Å². The number of benzene rings is 1. The number of aliphatic hydroxyl groups is 1. The van der Waals surface area contributed by atoms with Crippen molar-refractivity contribution in [2.75, 3.05) is 6.54 Å². The normalized spacial score (nSPS) is 12.3. The summed E-state index contributed by atoms with van der Waals surface area (Å²) < 4.78 is 1.57. The van der Waals surface area contributed by atoms with Gasteiger partial charge in [0.1, 0.15) is 0 Å². The van der Waals surface area contributed by atoms with Crippen LogP contribution in [0.3, 0.4) is 0 Å². The molecule has 1 amide bonds. The fraction of sp³-hybridized carbons (Fsp3) is 0.300. The Bertz CT molecular complexity index is 366. The molecular formula is C10H11Br2NO2. The molecule has 15 heavy (non-hydrogen) atoms. The van der Waals surface area contributed by atoms with E-state index in [0.29, 0.717) is 5.56 Å². The van der Waals surface area contributed by atoms with E-state index in [0.717, 1.165) is 8.95 Å². The second-order valence-corrected chi connectivity index (χ2v) is 4.95. The van der Waals surface area contributed by atoms with Crippen LogP contribution < -0.4 is 5.32 Å². The number of carbonyl (C=O) groups excluding carboxylic acids is 1. The van der Waals surface area contributed by atoms with Gasteiger partial charge in [0, 0.05) is 15.5 Å². The fourth-order valence-electron chi connectivity index (χ4n) is 1.01. The van der Waals surface area contributed by atoms with E-state index < -0.39 is 6.10 Å². The average Bonchev–Trinajstić information content (AvgIpc) is 2.18. The van der Waals surface area contributed by atoms with E-state index in [-0.39, 0.29) is 12.5 Å². The van der Waals surface area contributed by atoms with Crippen molar-refractivity contribution in [1.82, 2.24) is 5.32 Å². The van der Waals surface area contributed by atoms with Crippen molar-refractivity contribution >= 4 is 37.8 Å². The minimum Gasteiger partial charge on any atom is -0.392 e. The molecule has 1 rings (SSSR count). The molecule has 1 aromatic carbocycles. The van der Waals surface area contributed by atoms with Gasteiger partial charge in [0.2, 0.25) is 0 Å². The predicted molar refractivity (Wildman–Crippen MR) is 65.9 cm³/mol. The van der Waals surface area contributed by atoms with Gasteiger partial charge in [0.05, 0.1) is 11.7 Å². The molecule has 0 unspecified atom stereocenters. The first kappa shape index (κ1) is 12.7. The lowest BCUT2D eigenvalue weighted by Gasteiger charge is -2.08. The Balaban J connectivity index is 2.77. The van der Waals surface area contributed by atoms with E-state index in [1.807, 2.05) is 6.07 Å². The van der Waals surface area contributed by atoms with Crippen molar-refractivity contribution in [3.05, 3.63) is 32.7 Å². The number of halogens is 2. The summed E-state index contributed by atoms with van der Waals surface area (Å²) in [5, 5.41) is 11.7. The van der Waals surface area contributed by atoms with Gasteiger partial charge in [0.15, 0.2) is 0 Å². The molecule has 0 radical (unpaired) electrons. The summed E-state index contributed by atoms with van der Waals surface area (Å²) in [6.07, 6.45) is -0.542. The highest BCUT2D eigenvalue weighted by Gasteiger charge is 2.10. The van der Waals surface area contributed by atoms with Crippen LogP contribution in [0.4, 0.5) is 0 Å². The molecule has 2 N–H and O–H groups in total. The number of amides is 1. The molecule has 0 spiro atoms. The van der Waals surface area contributed by atoms with Crippen LogP contribution in [0.15, 0.2) is 27.1 Å². The van der Waals surface area contributed by atoms with Crippen LogP contribution in [-0.4, -0.2) is 23.7 Å². The third kappa shape index (κ3) is 3.93. The Labute approximate surface area is 105 Å². The van der Waals surface area contributed by atoms with Crippen molar-refractivity contribution < 1.29 is 9.90 Å². The third-order valence-corrected chi connectivity index (χ3v) is 2.92. The number of nitrogens with one attached hydrogen (secondary N) is 1. The number of hydrogen-bond acceptors (Lipinski definition) is 2. The summed E-state index contributed by atoms with van der Waals surface area (Å²) in [6.45, 7) is 1.87. The highest BCUT2D eigenvalue weighted by molar-refractivity contribution is 9.11. The lowest BCUT2D eigenvalue weighted by molar-refractivity contribution is 0.0923. The second kappa shape index (κ2) is 5.63. The summed E-state index contributed by atoms with van der Waals surface area (Å²) in [6, 6.07) is 5.36. The number of carbonyl (C=O) groups is 1. The van der Waals surface area contributed by atoms with Gasteiger partial charge in [-0.25, -0.2) is 0 Å². The molecule has 5 heteroatoms. The first-order valence-corrected chi connectivity index (χ1v) is 6.00. The molecule has 0 aliphatic heterocycles. The second-order valence-electron chi connectivity index (χ2n) is 3.18. The van der Waals surface area contributed by atoms with Crippen molar-refractivity contribution in [3.63, 3.8) is 0 Å². The quantitative estimate of drug-likeness (QED) is 0.890. The minimum absolute atomic E-state index is 0.205. The topological polar surface area (TPSA) is 49.3 Å². The zero-order valence-electron chi connectivity index (χ0n) is 8.13. The van der Waals surface area contributed by atoms with Gasteiger partial charge >= 0.3 is 0 Å². The van der Waals surface area contributed by atoms with E-state index in [1.54, 1.807) is 19.1 Å². The maximum Gasteiger partial charge on any atom is 0.252 e.